The number of alkyl halides is 3. The maximum atomic E-state index is 13.1. The molecule has 180 valence electrons. The van der Waals surface area contributed by atoms with E-state index in [0.717, 1.165) is 17.7 Å². The zero-order valence-corrected chi connectivity index (χ0v) is 18.8. The van der Waals surface area contributed by atoms with Crippen LogP contribution in [0.4, 0.5) is 19.1 Å². The predicted octanol–water partition coefficient (Wildman–Crippen LogP) is 4.16. The first-order valence-electron chi connectivity index (χ1n) is 10.9. The number of carbonyl (C=O) groups excluding carboxylic acids is 2. The third-order valence-electron chi connectivity index (χ3n) is 6.53. The number of aliphatic hydroxyl groups is 1. The van der Waals surface area contributed by atoms with Crippen molar-refractivity contribution in [1.82, 2.24) is 14.5 Å². The van der Waals surface area contributed by atoms with E-state index in [2.05, 4.69) is 10.3 Å². The van der Waals surface area contributed by atoms with Crippen LogP contribution in [0.3, 0.4) is 0 Å². The Balaban J connectivity index is 1.70. The van der Waals surface area contributed by atoms with Crippen molar-refractivity contribution >= 4 is 28.8 Å². The number of likely N-dealkylation sites (tertiary alicyclic amines) is 1. The second kappa shape index (κ2) is 8.75. The van der Waals surface area contributed by atoms with Crippen molar-refractivity contribution in [1.29, 1.82) is 0 Å². The fraction of sp³-hybridized carbons (Fsp3) is 0.375. The number of aliphatic hydroxyl groups excluding tert-OH is 1. The Morgan fingerprint density at radius 1 is 1.24 bits per heavy atom. The lowest BCUT2D eigenvalue weighted by Gasteiger charge is -2.32. The van der Waals surface area contributed by atoms with Crippen molar-refractivity contribution in [3.05, 3.63) is 59.2 Å². The Labute approximate surface area is 194 Å². The van der Waals surface area contributed by atoms with Gasteiger partial charge in [0.2, 0.25) is 11.9 Å². The number of aryl methyl sites for hydroxylation is 1. The third kappa shape index (κ3) is 4.25. The van der Waals surface area contributed by atoms with E-state index >= 15 is 0 Å². The van der Waals surface area contributed by atoms with Crippen LogP contribution in [0.25, 0.3) is 11.0 Å². The smallest absolute Gasteiger partial charge is 0.396 e. The maximum Gasteiger partial charge on any atom is 0.416 e. The number of hydrogen-bond donors (Lipinski definition) is 2. The lowest BCUT2D eigenvalue weighted by molar-refractivity contribution is -0.137. The van der Waals surface area contributed by atoms with Gasteiger partial charge in [0.1, 0.15) is 0 Å². The fourth-order valence-corrected chi connectivity index (χ4v) is 4.32. The fourth-order valence-electron chi connectivity index (χ4n) is 4.32. The van der Waals surface area contributed by atoms with Gasteiger partial charge in [-0.15, -0.1) is 0 Å². The van der Waals surface area contributed by atoms with Gasteiger partial charge in [-0.2, -0.15) is 13.2 Å². The number of hydrogen-bond acceptors (Lipinski definition) is 4. The lowest BCUT2D eigenvalue weighted by Crippen LogP contribution is -2.37. The number of nitrogens with one attached hydrogen (secondary N) is 1. The van der Waals surface area contributed by atoms with Crippen LogP contribution in [-0.2, 0) is 23.1 Å². The first-order chi connectivity index (χ1) is 16.0. The molecule has 2 N–H and O–H groups in total. The standard InChI is InChI=1S/C24H25F3N4O3/c1-23(10-9-20(33)30(23)2)16-7-8-19-18(14-16)28-22(31(19)11-4-12-32)29-21(34)15-5-3-6-17(13-15)24(25,26)27/h3,5-8,13-14,32H,4,9-12H2,1-2H3,(H,28,29,34). The minimum Gasteiger partial charge on any atom is -0.396 e. The normalized spacial score (nSPS) is 18.6. The largest absolute Gasteiger partial charge is 0.416 e. The van der Waals surface area contributed by atoms with E-state index in [9.17, 15) is 27.9 Å². The first kappa shape index (κ1) is 23.7. The quantitative estimate of drug-likeness (QED) is 0.562. The van der Waals surface area contributed by atoms with Crippen LogP contribution in [-0.4, -0.2) is 45.0 Å². The molecule has 1 atom stereocenters. The van der Waals surface area contributed by atoms with Gasteiger partial charge in [-0.3, -0.25) is 14.9 Å². The van der Waals surface area contributed by atoms with Crippen molar-refractivity contribution in [2.75, 3.05) is 19.0 Å². The summed E-state index contributed by atoms with van der Waals surface area (Å²) in [6, 6.07) is 9.79. The molecule has 34 heavy (non-hydrogen) atoms. The molecule has 0 saturated carbocycles. The van der Waals surface area contributed by atoms with E-state index in [0.29, 0.717) is 36.8 Å². The van der Waals surface area contributed by atoms with Crippen LogP contribution in [0.15, 0.2) is 42.5 Å². The number of imidazole rings is 1. The summed E-state index contributed by atoms with van der Waals surface area (Å²) in [7, 11) is 1.76. The Hall–Kier alpha value is -3.40. The molecule has 1 unspecified atom stereocenters. The van der Waals surface area contributed by atoms with E-state index in [4.69, 9.17) is 0 Å². The monoisotopic (exact) mass is 474 g/mol. The van der Waals surface area contributed by atoms with Gasteiger partial charge in [0.25, 0.3) is 5.91 Å². The molecule has 2 heterocycles. The number of amides is 2. The molecule has 2 aromatic carbocycles. The molecule has 3 aromatic rings. The number of aromatic nitrogens is 2. The van der Waals surface area contributed by atoms with Gasteiger partial charge < -0.3 is 14.6 Å². The van der Waals surface area contributed by atoms with Crippen molar-refractivity contribution in [3.8, 4) is 0 Å². The Bertz CT molecular complexity index is 1250. The lowest BCUT2D eigenvalue weighted by atomic mass is 9.89. The summed E-state index contributed by atoms with van der Waals surface area (Å²) < 4.78 is 40.9. The topological polar surface area (TPSA) is 87.5 Å². The van der Waals surface area contributed by atoms with Gasteiger partial charge in [-0.25, -0.2) is 4.98 Å². The van der Waals surface area contributed by atoms with E-state index < -0.39 is 23.2 Å². The highest BCUT2D eigenvalue weighted by Crippen LogP contribution is 2.39. The number of benzene rings is 2. The van der Waals surface area contributed by atoms with Gasteiger partial charge in [0, 0.05) is 32.2 Å². The predicted molar refractivity (Wildman–Crippen MR) is 120 cm³/mol. The summed E-state index contributed by atoms with van der Waals surface area (Å²) in [4.78, 5) is 31.1. The minimum absolute atomic E-state index is 0.0603. The second-order valence-corrected chi connectivity index (χ2v) is 8.63. The van der Waals surface area contributed by atoms with Gasteiger partial charge in [0.05, 0.1) is 22.1 Å². The summed E-state index contributed by atoms with van der Waals surface area (Å²) in [5.41, 5.74) is 0.630. The molecule has 2 amide bonds. The Morgan fingerprint density at radius 2 is 2.00 bits per heavy atom. The average Bonchev–Trinajstić information content (AvgIpc) is 3.28. The molecular formula is C24H25F3N4O3. The van der Waals surface area contributed by atoms with E-state index in [1.807, 2.05) is 25.1 Å². The molecule has 1 aromatic heterocycles. The molecule has 1 saturated heterocycles. The van der Waals surface area contributed by atoms with E-state index in [1.165, 1.54) is 12.1 Å². The van der Waals surface area contributed by atoms with Gasteiger partial charge in [0.15, 0.2) is 0 Å². The highest BCUT2D eigenvalue weighted by Gasteiger charge is 2.40. The summed E-state index contributed by atoms with van der Waals surface area (Å²) in [5.74, 6) is -0.492. The molecule has 7 nitrogen and oxygen atoms in total. The Kier molecular flexibility index (Phi) is 6.11. The summed E-state index contributed by atoms with van der Waals surface area (Å²) in [6.45, 7) is 2.25. The number of anilines is 1. The zero-order chi connectivity index (χ0) is 24.7. The highest BCUT2D eigenvalue weighted by molar-refractivity contribution is 6.04. The zero-order valence-electron chi connectivity index (χ0n) is 18.8. The van der Waals surface area contributed by atoms with Crippen molar-refractivity contribution in [2.24, 2.45) is 0 Å². The molecular weight excluding hydrogens is 449 g/mol. The molecule has 1 aliphatic rings. The van der Waals surface area contributed by atoms with Crippen LogP contribution in [0.5, 0.6) is 0 Å². The molecule has 1 fully saturated rings. The van der Waals surface area contributed by atoms with Crippen LogP contribution < -0.4 is 5.32 Å². The molecule has 10 heteroatoms. The molecule has 0 radical (unpaired) electrons. The van der Waals surface area contributed by atoms with Crippen LogP contribution in [0.1, 0.15) is 47.7 Å². The van der Waals surface area contributed by atoms with E-state index in [-0.39, 0.29) is 24.0 Å². The SMILES string of the molecule is CN1C(=O)CCC1(C)c1ccc2c(c1)nc(NC(=O)c1cccc(C(F)(F)F)c1)n2CCCO. The summed E-state index contributed by atoms with van der Waals surface area (Å²) >= 11 is 0. The highest BCUT2D eigenvalue weighted by atomic mass is 19.4. The number of fused-ring (bicyclic) bond motifs is 1. The number of halogens is 3. The minimum atomic E-state index is -4.56. The van der Waals surface area contributed by atoms with Gasteiger partial charge >= 0.3 is 6.18 Å². The molecule has 0 aliphatic carbocycles. The van der Waals surface area contributed by atoms with Crippen molar-refractivity contribution < 1.29 is 27.9 Å². The third-order valence-corrected chi connectivity index (χ3v) is 6.53. The van der Waals surface area contributed by atoms with Crippen LogP contribution in [0, 0.1) is 0 Å². The summed E-state index contributed by atoms with van der Waals surface area (Å²) in [6.07, 6.45) is -3.05. The summed E-state index contributed by atoms with van der Waals surface area (Å²) in [5, 5.41) is 11.9. The van der Waals surface area contributed by atoms with E-state index in [1.54, 1.807) is 16.5 Å². The van der Waals surface area contributed by atoms with Crippen LogP contribution in [0.2, 0.25) is 0 Å². The van der Waals surface area contributed by atoms with Gasteiger partial charge in [-0.1, -0.05) is 12.1 Å². The number of carbonyl (C=O) groups is 2. The number of nitrogens with zero attached hydrogens (tertiary/aromatic N) is 3. The van der Waals surface area contributed by atoms with Gasteiger partial charge in [-0.05, 0) is 55.7 Å². The second-order valence-electron chi connectivity index (χ2n) is 8.63. The van der Waals surface area contributed by atoms with Crippen molar-refractivity contribution in [3.63, 3.8) is 0 Å². The average molecular weight is 474 g/mol. The number of rotatable bonds is 6. The Morgan fingerprint density at radius 3 is 2.65 bits per heavy atom. The maximum absolute atomic E-state index is 13.1. The van der Waals surface area contributed by atoms with Crippen LogP contribution >= 0.6 is 0 Å². The molecule has 0 spiro atoms. The molecule has 4 rings (SSSR count). The molecule has 1 aliphatic heterocycles. The van der Waals surface area contributed by atoms with Crippen molar-refractivity contribution in [2.45, 2.75) is 44.4 Å². The molecule has 0 bridgehead atoms. The first-order valence-corrected chi connectivity index (χ1v) is 10.9.